The first-order chi connectivity index (χ1) is 9.67. The Balaban J connectivity index is 2.91. The highest BCUT2D eigenvalue weighted by Crippen LogP contribution is 2.23. The predicted molar refractivity (Wildman–Crippen MR) is 80.9 cm³/mol. The van der Waals surface area contributed by atoms with Gasteiger partial charge in [0.25, 0.3) is 0 Å². The van der Waals surface area contributed by atoms with E-state index in [0.717, 1.165) is 18.5 Å². The first-order valence-electron chi connectivity index (χ1n) is 7.12. The number of nitrogens with two attached hydrogens (primary N) is 1. The summed E-state index contributed by atoms with van der Waals surface area (Å²) in [5.41, 5.74) is 7.11. The lowest BCUT2D eigenvalue weighted by molar-refractivity contribution is 0.0901. The Bertz CT molecular complexity index is 370. The molecule has 0 radical (unpaired) electrons. The van der Waals surface area contributed by atoms with Crippen LogP contribution in [0.5, 0.6) is 5.88 Å². The van der Waals surface area contributed by atoms with Crippen molar-refractivity contribution in [2.75, 3.05) is 33.9 Å². The van der Waals surface area contributed by atoms with E-state index in [1.165, 1.54) is 0 Å². The summed E-state index contributed by atoms with van der Waals surface area (Å²) in [7, 11) is 3.34. The molecule has 1 rings (SSSR count). The lowest BCUT2D eigenvalue weighted by atomic mass is 10.0. The zero-order valence-corrected chi connectivity index (χ0v) is 13.0. The molecular weight excluding hydrogens is 254 g/mol. The summed E-state index contributed by atoms with van der Waals surface area (Å²) in [5, 5.41) is 0. The zero-order valence-electron chi connectivity index (χ0n) is 13.0. The zero-order chi connectivity index (χ0) is 15.0. The quantitative estimate of drug-likeness (QED) is 0.748. The minimum Gasteiger partial charge on any atom is -0.481 e. The van der Waals surface area contributed by atoms with Gasteiger partial charge < -0.3 is 15.2 Å². The molecule has 2 N–H and O–H groups in total. The van der Waals surface area contributed by atoms with Crippen molar-refractivity contribution in [1.29, 1.82) is 0 Å². The van der Waals surface area contributed by atoms with Crippen LogP contribution in [0.25, 0.3) is 0 Å². The van der Waals surface area contributed by atoms with Crippen LogP contribution in [0.3, 0.4) is 0 Å². The molecule has 5 nitrogen and oxygen atoms in total. The molecule has 20 heavy (non-hydrogen) atoms. The van der Waals surface area contributed by atoms with Crippen molar-refractivity contribution in [3.8, 4) is 5.88 Å². The van der Waals surface area contributed by atoms with Gasteiger partial charge in [-0.25, -0.2) is 4.98 Å². The summed E-state index contributed by atoms with van der Waals surface area (Å²) in [6.45, 7) is 6.52. The van der Waals surface area contributed by atoms with Crippen molar-refractivity contribution < 1.29 is 9.47 Å². The van der Waals surface area contributed by atoms with Crippen molar-refractivity contribution in [2.24, 2.45) is 5.73 Å². The van der Waals surface area contributed by atoms with E-state index in [2.05, 4.69) is 23.7 Å². The van der Waals surface area contributed by atoms with E-state index < -0.39 is 0 Å². The van der Waals surface area contributed by atoms with Crippen LogP contribution in [0.15, 0.2) is 18.3 Å². The molecule has 0 aliphatic carbocycles. The number of pyridine rings is 1. The maximum Gasteiger partial charge on any atom is 0.212 e. The SMILES string of the molecule is CCC(C)N(CCOC)C(CN)c1ccc(OC)nc1. The van der Waals surface area contributed by atoms with Gasteiger partial charge in [-0.1, -0.05) is 13.0 Å². The molecule has 0 saturated heterocycles. The third kappa shape index (κ3) is 4.44. The lowest BCUT2D eigenvalue weighted by Crippen LogP contribution is -2.41. The number of hydrogen-bond acceptors (Lipinski definition) is 5. The standard InChI is InChI=1S/C15H27N3O2/c1-5-12(2)18(8-9-19-3)14(10-16)13-6-7-15(20-4)17-11-13/h6-7,11-12,14H,5,8-10,16H2,1-4H3. The summed E-state index contributed by atoms with van der Waals surface area (Å²) >= 11 is 0. The number of rotatable bonds is 9. The second-order valence-corrected chi connectivity index (χ2v) is 4.87. The van der Waals surface area contributed by atoms with Gasteiger partial charge in [0.1, 0.15) is 0 Å². The number of nitrogens with zero attached hydrogens (tertiary/aromatic N) is 2. The number of ether oxygens (including phenoxy) is 2. The summed E-state index contributed by atoms with van der Waals surface area (Å²) in [4.78, 5) is 6.66. The smallest absolute Gasteiger partial charge is 0.212 e. The molecule has 5 heteroatoms. The Morgan fingerprint density at radius 2 is 2.10 bits per heavy atom. The van der Waals surface area contributed by atoms with Crippen LogP contribution in [0.4, 0.5) is 0 Å². The molecule has 1 aromatic rings. The molecule has 1 heterocycles. The van der Waals surface area contributed by atoms with Crippen LogP contribution in [0.1, 0.15) is 31.9 Å². The van der Waals surface area contributed by atoms with Gasteiger partial charge >= 0.3 is 0 Å². The average Bonchev–Trinajstić information content (AvgIpc) is 2.51. The monoisotopic (exact) mass is 281 g/mol. The fraction of sp³-hybridized carbons (Fsp3) is 0.667. The molecule has 2 unspecified atom stereocenters. The number of aromatic nitrogens is 1. The molecule has 0 amide bonds. The van der Waals surface area contributed by atoms with Gasteiger partial charge in [0, 0.05) is 44.5 Å². The second kappa shape index (κ2) is 8.89. The molecule has 0 aliphatic heterocycles. The Labute approximate surface area is 122 Å². The van der Waals surface area contributed by atoms with Crippen molar-refractivity contribution in [3.63, 3.8) is 0 Å². The average molecular weight is 281 g/mol. The fourth-order valence-electron chi connectivity index (χ4n) is 2.29. The number of hydrogen-bond donors (Lipinski definition) is 1. The largest absolute Gasteiger partial charge is 0.481 e. The van der Waals surface area contributed by atoms with Crippen molar-refractivity contribution in [1.82, 2.24) is 9.88 Å². The molecule has 0 fully saturated rings. The molecule has 2 atom stereocenters. The maximum atomic E-state index is 6.00. The highest BCUT2D eigenvalue weighted by atomic mass is 16.5. The maximum absolute atomic E-state index is 6.00. The van der Waals surface area contributed by atoms with Crippen LogP contribution in [0, 0.1) is 0 Å². The van der Waals surface area contributed by atoms with E-state index in [4.69, 9.17) is 15.2 Å². The van der Waals surface area contributed by atoms with Gasteiger partial charge in [-0.05, 0) is 18.9 Å². The van der Waals surface area contributed by atoms with Gasteiger partial charge in [0.2, 0.25) is 5.88 Å². The normalized spacial score (nSPS) is 14.3. The predicted octanol–water partition coefficient (Wildman–Crippen LogP) is 1.84. The van der Waals surface area contributed by atoms with Crippen LogP contribution in [-0.4, -0.2) is 49.8 Å². The number of methoxy groups -OCH3 is 2. The molecule has 1 aromatic heterocycles. The summed E-state index contributed by atoms with van der Waals surface area (Å²) in [6, 6.07) is 4.51. The van der Waals surface area contributed by atoms with E-state index in [1.54, 1.807) is 14.2 Å². The molecule has 0 saturated carbocycles. The third-order valence-electron chi connectivity index (χ3n) is 3.69. The molecule has 114 valence electrons. The minimum atomic E-state index is 0.151. The van der Waals surface area contributed by atoms with Crippen molar-refractivity contribution in [2.45, 2.75) is 32.4 Å². The van der Waals surface area contributed by atoms with Crippen LogP contribution in [0.2, 0.25) is 0 Å². The topological polar surface area (TPSA) is 60.6 Å². The van der Waals surface area contributed by atoms with E-state index in [0.29, 0.717) is 25.1 Å². The highest BCUT2D eigenvalue weighted by molar-refractivity contribution is 5.21. The van der Waals surface area contributed by atoms with Gasteiger partial charge in [-0.3, -0.25) is 4.90 Å². The van der Waals surface area contributed by atoms with E-state index in [9.17, 15) is 0 Å². The fourth-order valence-corrected chi connectivity index (χ4v) is 2.29. The van der Waals surface area contributed by atoms with Crippen molar-refractivity contribution in [3.05, 3.63) is 23.9 Å². The van der Waals surface area contributed by atoms with Gasteiger partial charge in [-0.2, -0.15) is 0 Å². The van der Waals surface area contributed by atoms with E-state index in [1.807, 2.05) is 18.3 Å². The molecule has 0 spiro atoms. The first kappa shape index (κ1) is 16.9. The van der Waals surface area contributed by atoms with Gasteiger partial charge in [-0.15, -0.1) is 0 Å². The van der Waals surface area contributed by atoms with Crippen molar-refractivity contribution >= 4 is 0 Å². The highest BCUT2D eigenvalue weighted by Gasteiger charge is 2.23. The Hall–Kier alpha value is -1.17. The Kier molecular flexibility index (Phi) is 7.51. The van der Waals surface area contributed by atoms with Gasteiger partial charge in [0.15, 0.2) is 0 Å². The Morgan fingerprint density at radius 1 is 1.35 bits per heavy atom. The third-order valence-corrected chi connectivity index (χ3v) is 3.69. The summed E-state index contributed by atoms with van der Waals surface area (Å²) in [5.74, 6) is 0.622. The molecular formula is C15H27N3O2. The second-order valence-electron chi connectivity index (χ2n) is 4.87. The van der Waals surface area contributed by atoms with E-state index in [-0.39, 0.29) is 6.04 Å². The van der Waals surface area contributed by atoms with Crippen LogP contribution >= 0.6 is 0 Å². The first-order valence-corrected chi connectivity index (χ1v) is 7.12. The minimum absolute atomic E-state index is 0.151. The lowest BCUT2D eigenvalue weighted by Gasteiger charge is -2.35. The summed E-state index contributed by atoms with van der Waals surface area (Å²) < 4.78 is 10.3. The summed E-state index contributed by atoms with van der Waals surface area (Å²) in [6.07, 6.45) is 2.92. The molecule has 0 aromatic carbocycles. The van der Waals surface area contributed by atoms with Crippen LogP contribution in [-0.2, 0) is 4.74 Å². The van der Waals surface area contributed by atoms with Gasteiger partial charge in [0.05, 0.1) is 13.7 Å². The molecule has 0 aliphatic rings. The molecule has 0 bridgehead atoms. The van der Waals surface area contributed by atoms with Crippen LogP contribution < -0.4 is 10.5 Å². The Morgan fingerprint density at radius 3 is 2.55 bits per heavy atom. The van der Waals surface area contributed by atoms with E-state index >= 15 is 0 Å².